The molecule has 1 aromatic heterocycles. The van der Waals surface area contributed by atoms with E-state index in [1.165, 1.54) is 17.7 Å². The number of hydrogen-bond acceptors (Lipinski definition) is 4. The first-order chi connectivity index (χ1) is 9.60. The van der Waals surface area contributed by atoms with E-state index in [0.29, 0.717) is 6.42 Å². The highest BCUT2D eigenvalue weighted by molar-refractivity contribution is 7.11. The molecule has 1 amide bonds. The Balaban J connectivity index is 1.84. The zero-order valence-electron chi connectivity index (χ0n) is 12.7. The van der Waals surface area contributed by atoms with Crippen molar-refractivity contribution in [3.8, 4) is 0 Å². The minimum Gasteiger partial charge on any atom is -0.347 e. The summed E-state index contributed by atoms with van der Waals surface area (Å²) in [5.74, 6) is 0.147. The van der Waals surface area contributed by atoms with Crippen LogP contribution in [-0.2, 0) is 4.79 Å². The van der Waals surface area contributed by atoms with E-state index in [4.69, 9.17) is 0 Å². The molecule has 1 aliphatic heterocycles. The van der Waals surface area contributed by atoms with Gasteiger partial charge in [-0.25, -0.2) is 4.98 Å². The van der Waals surface area contributed by atoms with E-state index >= 15 is 0 Å². The highest BCUT2D eigenvalue weighted by atomic mass is 32.1. The molecule has 112 valence electrons. The number of nitrogens with zero attached hydrogens (tertiary/aromatic N) is 2. The van der Waals surface area contributed by atoms with Gasteiger partial charge in [0.2, 0.25) is 5.91 Å². The van der Waals surface area contributed by atoms with Gasteiger partial charge in [0, 0.05) is 17.8 Å². The van der Waals surface area contributed by atoms with Crippen LogP contribution in [-0.4, -0.2) is 35.4 Å². The van der Waals surface area contributed by atoms with Crippen molar-refractivity contribution >= 4 is 17.2 Å². The Morgan fingerprint density at radius 2 is 2.10 bits per heavy atom. The molecule has 0 saturated carbocycles. The van der Waals surface area contributed by atoms with Gasteiger partial charge in [-0.3, -0.25) is 4.79 Å². The lowest BCUT2D eigenvalue weighted by atomic mass is 10.2. The summed E-state index contributed by atoms with van der Waals surface area (Å²) in [7, 11) is 0. The van der Waals surface area contributed by atoms with Crippen molar-refractivity contribution in [1.29, 1.82) is 0 Å². The van der Waals surface area contributed by atoms with Crippen molar-refractivity contribution in [2.45, 2.75) is 52.5 Å². The lowest BCUT2D eigenvalue weighted by molar-refractivity contribution is -0.122. The van der Waals surface area contributed by atoms with Crippen molar-refractivity contribution in [2.24, 2.45) is 0 Å². The van der Waals surface area contributed by atoms with Crippen LogP contribution in [0.4, 0.5) is 0 Å². The number of likely N-dealkylation sites (tertiary alicyclic amines) is 1. The number of amides is 1. The molecule has 2 rings (SSSR count). The van der Waals surface area contributed by atoms with E-state index in [2.05, 4.69) is 29.0 Å². The SMILES string of the molecule is CC[C@H](NC(=O)CCN1CCCC1)c1nc(C)c(C)s1. The molecule has 0 aliphatic carbocycles. The largest absolute Gasteiger partial charge is 0.347 e. The first kappa shape index (κ1) is 15.4. The number of carbonyl (C=O) groups is 1. The van der Waals surface area contributed by atoms with E-state index in [-0.39, 0.29) is 11.9 Å². The standard InChI is InChI=1S/C15H25N3OS/c1-4-13(15-16-11(2)12(3)20-15)17-14(19)7-10-18-8-5-6-9-18/h13H,4-10H2,1-3H3,(H,17,19)/t13-/m0/s1. The van der Waals surface area contributed by atoms with Crippen LogP contribution < -0.4 is 5.32 Å². The van der Waals surface area contributed by atoms with Gasteiger partial charge < -0.3 is 10.2 Å². The van der Waals surface area contributed by atoms with Gasteiger partial charge in [0.1, 0.15) is 5.01 Å². The number of aryl methyl sites for hydroxylation is 2. The Labute approximate surface area is 125 Å². The topological polar surface area (TPSA) is 45.2 Å². The highest BCUT2D eigenvalue weighted by Gasteiger charge is 2.18. The lowest BCUT2D eigenvalue weighted by Gasteiger charge is -2.17. The number of rotatable bonds is 6. The Morgan fingerprint density at radius 3 is 2.65 bits per heavy atom. The molecular formula is C15H25N3OS. The van der Waals surface area contributed by atoms with E-state index in [1.807, 2.05) is 6.92 Å². The van der Waals surface area contributed by atoms with Crippen LogP contribution in [0.2, 0.25) is 0 Å². The van der Waals surface area contributed by atoms with Gasteiger partial charge in [0.15, 0.2) is 0 Å². The van der Waals surface area contributed by atoms with Crippen LogP contribution in [0, 0.1) is 13.8 Å². The van der Waals surface area contributed by atoms with Gasteiger partial charge >= 0.3 is 0 Å². The third-order valence-electron chi connectivity index (χ3n) is 3.94. The van der Waals surface area contributed by atoms with Crippen LogP contribution in [0.5, 0.6) is 0 Å². The summed E-state index contributed by atoms with van der Waals surface area (Å²) in [6, 6.07) is 0.0680. The second-order valence-corrected chi connectivity index (χ2v) is 6.76. The smallest absolute Gasteiger partial charge is 0.221 e. The fourth-order valence-electron chi connectivity index (χ4n) is 2.52. The second kappa shape index (κ2) is 7.18. The molecule has 1 atom stereocenters. The maximum Gasteiger partial charge on any atom is 0.221 e. The molecule has 1 saturated heterocycles. The summed E-state index contributed by atoms with van der Waals surface area (Å²) in [6.07, 6.45) is 4.04. The maximum atomic E-state index is 12.1. The Morgan fingerprint density at radius 1 is 1.40 bits per heavy atom. The van der Waals surface area contributed by atoms with Crippen LogP contribution in [0.1, 0.15) is 54.2 Å². The zero-order valence-corrected chi connectivity index (χ0v) is 13.6. The van der Waals surface area contributed by atoms with Gasteiger partial charge in [-0.05, 0) is 46.2 Å². The van der Waals surface area contributed by atoms with Crippen LogP contribution >= 0.6 is 11.3 Å². The van der Waals surface area contributed by atoms with E-state index in [0.717, 1.165) is 36.8 Å². The Kier molecular flexibility index (Phi) is 5.54. The average Bonchev–Trinajstić information content (AvgIpc) is 3.04. The molecule has 4 nitrogen and oxygen atoms in total. The Hall–Kier alpha value is -0.940. The third kappa shape index (κ3) is 4.03. The molecule has 1 aliphatic rings. The monoisotopic (exact) mass is 295 g/mol. The molecule has 1 aromatic rings. The average molecular weight is 295 g/mol. The van der Waals surface area contributed by atoms with Gasteiger partial charge in [-0.1, -0.05) is 6.92 Å². The lowest BCUT2D eigenvalue weighted by Crippen LogP contribution is -2.31. The molecule has 0 radical (unpaired) electrons. The summed E-state index contributed by atoms with van der Waals surface area (Å²) in [5, 5.41) is 4.17. The fourth-order valence-corrected chi connectivity index (χ4v) is 3.57. The number of aromatic nitrogens is 1. The minimum atomic E-state index is 0.0680. The number of hydrogen-bond donors (Lipinski definition) is 1. The van der Waals surface area contributed by atoms with Gasteiger partial charge in [-0.2, -0.15) is 0 Å². The molecular weight excluding hydrogens is 270 g/mol. The van der Waals surface area contributed by atoms with Crippen molar-refractivity contribution < 1.29 is 4.79 Å². The summed E-state index contributed by atoms with van der Waals surface area (Å²) in [6.45, 7) is 9.38. The molecule has 2 heterocycles. The normalized spacial score (nSPS) is 17.4. The second-order valence-electron chi connectivity index (χ2n) is 5.52. The first-order valence-corrected chi connectivity index (χ1v) is 8.37. The predicted octanol–water partition coefficient (Wildman–Crippen LogP) is 2.81. The summed E-state index contributed by atoms with van der Waals surface area (Å²) in [4.78, 5) is 20.3. The summed E-state index contributed by atoms with van der Waals surface area (Å²) < 4.78 is 0. The first-order valence-electron chi connectivity index (χ1n) is 7.55. The van der Waals surface area contributed by atoms with Gasteiger partial charge in [0.05, 0.1) is 11.7 Å². The molecule has 5 heteroatoms. The van der Waals surface area contributed by atoms with Crippen molar-refractivity contribution in [1.82, 2.24) is 15.2 Å². The molecule has 20 heavy (non-hydrogen) atoms. The molecule has 1 N–H and O–H groups in total. The van der Waals surface area contributed by atoms with E-state index in [9.17, 15) is 4.79 Å². The van der Waals surface area contributed by atoms with E-state index < -0.39 is 0 Å². The van der Waals surface area contributed by atoms with Crippen molar-refractivity contribution in [3.63, 3.8) is 0 Å². The molecule has 0 spiro atoms. The van der Waals surface area contributed by atoms with Gasteiger partial charge in [0.25, 0.3) is 0 Å². The maximum absolute atomic E-state index is 12.1. The molecule has 0 unspecified atom stereocenters. The van der Waals surface area contributed by atoms with Crippen molar-refractivity contribution in [3.05, 3.63) is 15.6 Å². The van der Waals surface area contributed by atoms with Crippen LogP contribution in [0.3, 0.4) is 0 Å². The highest BCUT2D eigenvalue weighted by Crippen LogP contribution is 2.24. The molecule has 0 aromatic carbocycles. The number of nitrogens with one attached hydrogen (secondary N) is 1. The van der Waals surface area contributed by atoms with Crippen LogP contribution in [0.15, 0.2) is 0 Å². The minimum absolute atomic E-state index is 0.0680. The fraction of sp³-hybridized carbons (Fsp3) is 0.733. The van der Waals surface area contributed by atoms with E-state index in [1.54, 1.807) is 11.3 Å². The van der Waals surface area contributed by atoms with Crippen LogP contribution in [0.25, 0.3) is 0 Å². The molecule has 0 bridgehead atoms. The van der Waals surface area contributed by atoms with Crippen molar-refractivity contribution in [2.75, 3.05) is 19.6 Å². The Bertz CT molecular complexity index is 432. The number of thiazole rings is 1. The summed E-state index contributed by atoms with van der Waals surface area (Å²) in [5.41, 5.74) is 1.08. The quantitative estimate of drug-likeness (QED) is 0.878. The zero-order chi connectivity index (χ0) is 14.5. The predicted molar refractivity (Wildman–Crippen MR) is 83.1 cm³/mol. The van der Waals surface area contributed by atoms with Gasteiger partial charge in [-0.15, -0.1) is 11.3 Å². The molecule has 1 fully saturated rings. The number of carbonyl (C=O) groups excluding carboxylic acids is 1. The summed E-state index contributed by atoms with van der Waals surface area (Å²) >= 11 is 1.70. The third-order valence-corrected chi connectivity index (χ3v) is 5.13.